The number of hydrogen-bond acceptors (Lipinski definition) is 2. The molecule has 0 aromatic heterocycles. The largest absolute Gasteiger partial charge is 0.356 e. The summed E-state index contributed by atoms with van der Waals surface area (Å²) in [5.74, 6) is -0.833. The molecule has 0 spiro atoms. The Hall–Kier alpha value is -0.960. The monoisotopic (exact) mass is 466 g/mol. The van der Waals surface area contributed by atoms with Crippen molar-refractivity contribution in [2.45, 2.75) is 38.6 Å². The van der Waals surface area contributed by atoms with E-state index in [9.17, 15) is 8.78 Å². The lowest BCUT2D eigenvalue weighted by Crippen LogP contribution is -2.49. The van der Waals surface area contributed by atoms with Gasteiger partial charge in [0.25, 0.3) is 0 Å². The molecule has 2 N–H and O–H groups in total. The van der Waals surface area contributed by atoms with E-state index < -0.39 is 11.6 Å². The molecular formula is C18H29F2IN4. The maximum absolute atomic E-state index is 13.6. The van der Waals surface area contributed by atoms with Crippen LogP contribution in [0.2, 0.25) is 0 Å². The van der Waals surface area contributed by atoms with Crippen LogP contribution in [-0.4, -0.2) is 50.1 Å². The van der Waals surface area contributed by atoms with E-state index in [1.54, 1.807) is 13.1 Å². The predicted molar refractivity (Wildman–Crippen MR) is 110 cm³/mol. The maximum atomic E-state index is 13.6. The van der Waals surface area contributed by atoms with Crippen molar-refractivity contribution in [2.75, 3.05) is 33.2 Å². The third kappa shape index (κ3) is 7.05. The number of nitrogens with zero attached hydrogens (tertiary/aromatic N) is 2. The van der Waals surface area contributed by atoms with E-state index in [2.05, 4.69) is 27.4 Å². The van der Waals surface area contributed by atoms with Crippen LogP contribution in [-0.2, 0) is 6.42 Å². The third-order valence-electron chi connectivity index (χ3n) is 4.41. The molecule has 0 unspecified atom stereocenters. The van der Waals surface area contributed by atoms with Gasteiger partial charge in [0, 0.05) is 32.7 Å². The summed E-state index contributed by atoms with van der Waals surface area (Å²) < 4.78 is 26.8. The van der Waals surface area contributed by atoms with E-state index in [-0.39, 0.29) is 24.0 Å². The number of halogens is 3. The Kier molecular flexibility index (Phi) is 10.3. The van der Waals surface area contributed by atoms with Gasteiger partial charge in [-0.2, -0.15) is 0 Å². The number of guanidine groups is 1. The van der Waals surface area contributed by atoms with Crippen LogP contribution in [0.4, 0.5) is 8.78 Å². The van der Waals surface area contributed by atoms with E-state index in [1.807, 2.05) is 0 Å². The lowest BCUT2D eigenvalue weighted by molar-refractivity contribution is 0.206. The summed E-state index contributed by atoms with van der Waals surface area (Å²) >= 11 is 0. The fourth-order valence-electron chi connectivity index (χ4n) is 3.06. The highest BCUT2D eigenvalue weighted by molar-refractivity contribution is 14.0. The molecule has 0 radical (unpaired) electrons. The lowest BCUT2D eigenvalue weighted by atomic mass is 10.1. The quantitative estimate of drug-likeness (QED) is 0.385. The summed E-state index contributed by atoms with van der Waals surface area (Å²) in [4.78, 5) is 6.71. The van der Waals surface area contributed by atoms with Crippen LogP contribution in [0.15, 0.2) is 23.2 Å². The lowest BCUT2D eigenvalue weighted by Gasteiger charge is -2.32. The van der Waals surface area contributed by atoms with Crippen molar-refractivity contribution in [3.05, 3.63) is 35.4 Å². The summed E-state index contributed by atoms with van der Waals surface area (Å²) in [6, 6.07) is 4.69. The van der Waals surface area contributed by atoms with Gasteiger partial charge in [-0.3, -0.25) is 4.99 Å². The second-order valence-electron chi connectivity index (χ2n) is 6.22. The van der Waals surface area contributed by atoms with Gasteiger partial charge in [0.2, 0.25) is 0 Å². The van der Waals surface area contributed by atoms with E-state index in [4.69, 9.17) is 0 Å². The number of benzene rings is 1. The molecule has 4 nitrogen and oxygen atoms in total. The zero-order valence-electron chi connectivity index (χ0n) is 15.0. The Morgan fingerprint density at radius 2 is 2.00 bits per heavy atom. The van der Waals surface area contributed by atoms with Gasteiger partial charge >= 0.3 is 0 Å². The highest BCUT2D eigenvalue weighted by Gasteiger charge is 2.19. The van der Waals surface area contributed by atoms with Crippen molar-refractivity contribution in [1.82, 2.24) is 15.5 Å². The van der Waals surface area contributed by atoms with Gasteiger partial charge in [0.15, 0.2) is 17.6 Å². The van der Waals surface area contributed by atoms with Crippen LogP contribution < -0.4 is 10.6 Å². The van der Waals surface area contributed by atoms with Crippen LogP contribution in [0.3, 0.4) is 0 Å². The second-order valence-corrected chi connectivity index (χ2v) is 6.22. The molecule has 0 amide bonds. The first kappa shape index (κ1) is 22.1. The van der Waals surface area contributed by atoms with Gasteiger partial charge in [-0.15, -0.1) is 24.0 Å². The first-order chi connectivity index (χ1) is 11.6. The summed E-state index contributed by atoms with van der Waals surface area (Å²) in [7, 11) is 1.73. The van der Waals surface area contributed by atoms with Crippen LogP contribution in [0, 0.1) is 11.6 Å². The molecule has 1 aromatic carbocycles. The number of rotatable bonds is 6. The highest BCUT2D eigenvalue weighted by atomic mass is 127. The van der Waals surface area contributed by atoms with Crippen LogP contribution in [0.5, 0.6) is 0 Å². The zero-order valence-corrected chi connectivity index (χ0v) is 17.4. The number of likely N-dealkylation sites (tertiary alicyclic amines) is 1. The normalized spacial score (nSPS) is 16.4. The van der Waals surface area contributed by atoms with Gasteiger partial charge in [0.05, 0.1) is 0 Å². The number of piperidine rings is 1. The minimum absolute atomic E-state index is 0. The molecule has 0 saturated carbocycles. The summed E-state index contributed by atoms with van der Waals surface area (Å²) in [6.45, 7) is 6.10. The predicted octanol–water partition coefficient (Wildman–Crippen LogP) is 3.16. The minimum Gasteiger partial charge on any atom is -0.356 e. The molecule has 1 aliphatic rings. The topological polar surface area (TPSA) is 39.7 Å². The number of hydrogen-bond donors (Lipinski definition) is 2. The van der Waals surface area contributed by atoms with Crippen molar-refractivity contribution in [2.24, 2.45) is 4.99 Å². The average molecular weight is 466 g/mol. The molecule has 2 rings (SSSR count). The first-order valence-electron chi connectivity index (χ1n) is 8.76. The Morgan fingerprint density at radius 1 is 1.28 bits per heavy atom. The molecule has 1 fully saturated rings. The average Bonchev–Trinajstić information content (AvgIpc) is 2.59. The van der Waals surface area contributed by atoms with Crippen LogP contribution >= 0.6 is 24.0 Å². The van der Waals surface area contributed by atoms with E-state index >= 15 is 0 Å². The van der Waals surface area contributed by atoms with Gasteiger partial charge in [-0.1, -0.05) is 19.1 Å². The van der Waals surface area contributed by atoms with Crippen LogP contribution in [0.1, 0.15) is 31.7 Å². The van der Waals surface area contributed by atoms with Crippen molar-refractivity contribution in [3.63, 3.8) is 0 Å². The van der Waals surface area contributed by atoms with Crippen molar-refractivity contribution in [3.8, 4) is 0 Å². The van der Waals surface area contributed by atoms with Crippen molar-refractivity contribution >= 4 is 29.9 Å². The summed E-state index contributed by atoms with van der Waals surface area (Å²) in [5, 5.41) is 6.61. The van der Waals surface area contributed by atoms with Gasteiger partial charge in [-0.25, -0.2) is 8.78 Å². The SMILES string of the molecule is CCCN1CCC(NC(=NC)NCCc2cccc(F)c2F)CC1.I. The third-order valence-corrected chi connectivity index (χ3v) is 4.41. The van der Waals surface area contributed by atoms with E-state index in [0.717, 1.165) is 38.0 Å². The Bertz CT molecular complexity index is 546. The van der Waals surface area contributed by atoms with Crippen molar-refractivity contribution < 1.29 is 8.78 Å². The summed E-state index contributed by atoms with van der Waals surface area (Å²) in [6.07, 6.45) is 3.80. The highest BCUT2D eigenvalue weighted by Crippen LogP contribution is 2.12. The van der Waals surface area contributed by atoms with Gasteiger partial charge in [-0.05, 0) is 43.9 Å². The standard InChI is InChI=1S/C18H28F2N4.HI/c1-3-11-24-12-8-15(9-13-24)23-18(21-2)22-10-7-14-5-4-6-16(19)17(14)20;/h4-6,15H,3,7-13H2,1-2H3,(H2,21,22,23);1H. The molecule has 1 aliphatic heterocycles. The molecule has 1 saturated heterocycles. The van der Waals surface area contributed by atoms with Crippen LogP contribution in [0.25, 0.3) is 0 Å². The zero-order chi connectivity index (χ0) is 17.4. The molecule has 7 heteroatoms. The summed E-state index contributed by atoms with van der Waals surface area (Å²) in [5.41, 5.74) is 0.380. The van der Waals surface area contributed by atoms with Gasteiger partial charge < -0.3 is 15.5 Å². The Morgan fingerprint density at radius 3 is 2.64 bits per heavy atom. The maximum Gasteiger partial charge on any atom is 0.191 e. The molecule has 142 valence electrons. The molecule has 0 bridgehead atoms. The first-order valence-corrected chi connectivity index (χ1v) is 8.76. The molecular weight excluding hydrogens is 437 g/mol. The molecule has 1 aromatic rings. The Balaban J connectivity index is 0.00000312. The molecule has 1 heterocycles. The second kappa shape index (κ2) is 11.6. The smallest absolute Gasteiger partial charge is 0.191 e. The number of nitrogens with one attached hydrogen (secondary N) is 2. The van der Waals surface area contributed by atoms with E-state index in [0.29, 0.717) is 24.6 Å². The van der Waals surface area contributed by atoms with Crippen molar-refractivity contribution in [1.29, 1.82) is 0 Å². The molecule has 0 atom stereocenters. The molecule has 25 heavy (non-hydrogen) atoms. The van der Waals surface area contributed by atoms with E-state index in [1.165, 1.54) is 19.0 Å². The minimum atomic E-state index is -0.797. The number of aliphatic imine (C=N–C) groups is 1. The fourth-order valence-corrected chi connectivity index (χ4v) is 3.06. The molecule has 0 aliphatic carbocycles. The Labute approximate surface area is 166 Å². The fraction of sp³-hybridized carbons (Fsp3) is 0.611. The van der Waals surface area contributed by atoms with Gasteiger partial charge in [0.1, 0.15) is 0 Å².